The predicted molar refractivity (Wildman–Crippen MR) is 104 cm³/mol. The highest BCUT2D eigenvalue weighted by atomic mass is 32.1. The molecular formula is C19H17N3O2S2. The summed E-state index contributed by atoms with van der Waals surface area (Å²) in [7, 11) is 0. The van der Waals surface area contributed by atoms with Gasteiger partial charge >= 0.3 is 0 Å². The summed E-state index contributed by atoms with van der Waals surface area (Å²) in [4.78, 5) is 23.5. The third-order valence-electron chi connectivity index (χ3n) is 4.79. The molecule has 5 nitrogen and oxygen atoms in total. The maximum Gasteiger partial charge on any atom is 0.264 e. The van der Waals surface area contributed by atoms with Crippen molar-refractivity contribution in [1.82, 2.24) is 9.88 Å². The van der Waals surface area contributed by atoms with Crippen molar-refractivity contribution in [2.24, 2.45) is 0 Å². The third kappa shape index (κ3) is 2.68. The number of hydrogen-bond acceptors (Lipinski definition) is 6. The lowest BCUT2D eigenvalue weighted by Gasteiger charge is -2.34. The van der Waals surface area contributed by atoms with Crippen LogP contribution < -0.4 is 9.64 Å². The summed E-state index contributed by atoms with van der Waals surface area (Å²) in [5.41, 5.74) is 2.20. The van der Waals surface area contributed by atoms with Gasteiger partial charge in [0, 0.05) is 53.8 Å². The second kappa shape index (κ2) is 6.41. The van der Waals surface area contributed by atoms with Gasteiger partial charge in [0.25, 0.3) is 5.91 Å². The van der Waals surface area contributed by atoms with Gasteiger partial charge in [-0.25, -0.2) is 4.98 Å². The van der Waals surface area contributed by atoms with Gasteiger partial charge in [-0.15, -0.1) is 22.7 Å². The van der Waals surface area contributed by atoms with Crippen LogP contribution in [0.1, 0.15) is 15.2 Å². The summed E-state index contributed by atoms with van der Waals surface area (Å²) >= 11 is 3.23. The van der Waals surface area contributed by atoms with Crippen LogP contribution >= 0.6 is 22.7 Å². The average molecular weight is 383 g/mol. The molecule has 0 bridgehead atoms. The van der Waals surface area contributed by atoms with Crippen LogP contribution in [0.5, 0.6) is 5.75 Å². The maximum absolute atomic E-state index is 13.0. The number of amides is 1. The average Bonchev–Trinajstić information content (AvgIpc) is 3.37. The molecule has 1 amide bonds. The SMILES string of the molecule is O=C(c1cc2c(s1)-c1ccccc1OC2)N1CCN(c2nccs2)CC1. The number of carbonyl (C=O) groups is 1. The highest BCUT2D eigenvalue weighted by molar-refractivity contribution is 7.17. The Labute approximate surface area is 159 Å². The lowest BCUT2D eigenvalue weighted by molar-refractivity contribution is 0.0751. The molecule has 4 heterocycles. The van der Waals surface area contributed by atoms with Crippen LogP contribution in [0, 0.1) is 0 Å². The van der Waals surface area contributed by atoms with E-state index in [0.29, 0.717) is 6.61 Å². The molecule has 1 aromatic carbocycles. The number of ether oxygens (including phenoxy) is 1. The molecule has 1 saturated heterocycles. The second-order valence-corrected chi connectivity index (χ2v) is 8.27. The summed E-state index contributed by atoms with van der Waals surface area (Å²) in [6.07, 6.45) is 1.83. The maximum atomic E-state index is 13.0. The highest BCUT2D eigenvalue weighted by Gasteiger charge is 2.27. The van der Waals surface area contributed by atoms with Crippen LogP contribution in [-0.2, 0) is 6.61 Å². The molecule has 5 rings (SSSR count). The lowest BCUT2D eigenvalue weighted by Crippen LogP contribution is -2.48. The van der Waals surface area contributed by atoms with Gasteiger partial charge < -0.3 is 14.5 Å². The molecule has 1 fully saturated rings. The Morgan fingerprint density at radius 3 is 2.81 bits per heavy atom. The van der Waals surface area contributed by atoms with Crippen molar-refractivity contribution in [3.05, 3.63) is 52.3 Å². The number of piperazine rings is 1. The van der Waals surface area contributed by atoms with E-state index in [2.05, 4.69) is 16.0 Å². The first-order valence-electron chi connectivity index (χ1n) is 8.58. The molecule has 2 aliphatic heterocycles. The van der Waals surface area contributed by atoms with E-state index in [1.54, 1.807) is 22.7 Å². The van der Waals surface area contributed by atoms with E-state index in [4.69, 9.17) is 4.74 Å². The van der Waals surface area contributed by atoms with Gasteiger partial charge in [0.15, 0.2) is 5.13 Å². The zero-order valence-electron chi connectivity index (χ0n) is 14.1. The molecule has 0 spiro atoms. The molecule has 26 heavy (non-hydrogen) atoms. The van der Waals surface area contributed by atoms with Crippen molar-refractivity contribution in [1.29, 1.82) is 0 Å². The highest BCUT2D eigenvalue weighted by Crippen LogP contribution is 2.42. The number of aromatic nitrogens is 1. The van der Waals surface area contributed by atoms with Crippen LogP contribution in [0.15, 0.2) is 41.9 Å². The summed E-state index contributed by atoms with van der Waals surface area (Å²) in [5, 5.41) is 3.03. The van der Waals surface area contributed by atoms with Crippen LogP contribution in [0.4, 0.5) is 5.13 Å². The zero-order chi connectivity index (χ0) is 17.5. The Balaban J connectivity index is 1.34. The van der Waals surface area contributed by atoms with Gasteiger partial charge in [0.1, 0.15) is 12.4 Å². The number of anilines is 1. The van der Waals surface area contributed by atoms with Gasteiger partial charge in [0.2, 0.25) is 0 Å². The molecule has 7 heteroatoms. The van der Waals surface area contributed by atoms with Crippen molar-refractivity contribution in [3.63, 3.8) is 0 Å². The molecule has 0 saturated carbocycles. The minimum Gasteiger partial charge on any atom is -0.488 e. The number of thiophene rings is 1. The van der Waals surface area contributed by atoms with Gasteiger partial charge in [-0.05, 0) is 18.2 Å². The molecular weight excluding hydrogens is 366 g/mol. The summed E-state index contributed by atoms with van der Waals surface area (Å²) in [5.74, 6) is 1.03. The van der Waals surface area contributed by atoms with Gasteiger partial charge in [-0.1, -0.05) is 12.1 Å². The minimum absolute atomic E-state index is 0.126. The number of hydrogen-bond donors (Lipinski definition) is 0. The molecule has 132 valence electrons. The van der Waals surface area contributed by atoms with E-state index in [1.807, 2.05) is 40.7 Å². The van der Waals surface area contributed by atoms with Crippen LogP contribution in [0.3, 0.4) is 0 Å². The number of fused-ring (bicyclic) bond motifs is 3. The molecule has 3 aromatic rings. The lowest BCUT2D eigenvalue weighted by atomic mass is 10.1. The molecule has 0 unspecified atom stereocenters. The van der Waals surface area contributed by atoms with Crippen LogP contribution in [0.25, 0.3) is 10.4 Å². The first-order valence-corrected chi connectivity index (χ1v) is 10.3. The van der Waals surface area contributed by atoms with Crippen molar-refractivity contribution in [2.75, 3.05) is 31.1 Å². The normalized spacial score (nSPS) is 16.0. The topological polar surface area (TPSA) is 45.7 Å². The Kier molecular flexibility index (Phi) is 3.90. The number of thiazole rings is 1. The van der Waals surface area contributed by atoms with Crippen molar-refractivity contribution >= 4 is 33.7 Å². The summed E-state index contributed by atoms with van der Waals surface area (Å²) < 4.78 is 5.81. The summed E-state index contributed by atoms with van der Waals surface area (Å²) in [6.45, 7) is 3.66. The smallest absolute Gasteiger partial charge is 0.264 e. The van der Waals surface area contributed by atoms with Gasteiger partial charge in [0.05, 0.1) is 4.88 Å². The van der Waals surface area contributed by atoms with E-state index < -0.39 is 0 Å². The molecule has 0 aliphatic carbocycles. The van der Waals surface area contributed by atoms with E-state index in [-0.39, 0.29) is 5.91 Å². The quantitative estimate of drug-likeness (QED) is 0.677. The number of rotatable bonds is 2. The zero-order valence-corrected chi connectivity index (χ0v) is 15.7. The Morgan fingerprint density at radius 2 is 2.00 bits per heavy atom. The van der Waals surface area contributed by atoms with E-state index in [1.165, 1.54) is 0 Å². The molecule has 2 aliphatic rings. The molecule has 0 N–H and O–H groups in total. The third-order valence-corrected chi connectivity index (χ3v) is 6.82. The van der Waals surface area contributed by atoms with Crippen molar-refractivity contribution in [2.45, 2.75) is 6.61 Å². The van der Waals surface area contributed by atoms with Crippen LogP contribution in [-0.4, -0.2) is 42.0 Å². The first kappa shape index (κ1) is 15.8. The minimum atomic E-state index is 0.126. The number of carbonyl (C=O) groups excluding carboxylic acids is 1. The fraction of sp³-hybridized carbons (Fsp3) is 0.263. The first-order chi connectivity index (χ1) is 12.8. The molecule has 2 aromatic heterocycles. The largest absolute Gasteiger partial charge is 0.488 e. The number of para-hydroxylation sites is 1. The molecule has 0 atom stereocenters. The van der Waals surface area contributed by atoms with Crippen molar-refractivity contribution < 1.29 is 9.53 Å². The molecule has 0 radical (unpaired) electrons. The van der Waals surface area contributed by atoms with Crippen LogP contribution in [0.2, 0.25) is 0 Å². The number of nitrogens with zero attached hydrogens (tertiary/aromatic N) is 3. The summed E-state index contributed by atoms with van der Waals surface area (Å²) in [6, 6.07) is 10.0. The predicted octanol–water partition coefficient (Wildman–Crippen LogP) is 3.73. The fourth-order valence-corrected chi connectivity index (χ4v) is 5.30. The van der Waals surface area contributed by atoms with E-state index in [9.17, 15) is 4.79 Å². The Hall–Kier alpha value is -2.38. The Bertz CT molecular complexity index is 944. The fourth-order valence-electron chi connectivity index (χ4n) is 3.43. The van der Waals surface area contributed by atoms with E-state index in [0.717, 1.165) is 57.9 Å². The monoisotopic (exact) mass is 383 g/mol. The van der Waals surface area contributed by atoms with E-state index >= 15 is 0 Å². The second-order valence-electron chi connectivity index (χ2n) is 6.34. The number of benzene rings is 1. The Morgan fingerprint density at radius 1 is 1.15 bits per heavy atom. The standard InChI is InChI=1S/C19H17N3O2S2/c23-18(21-6-8-22(9-7-21)19-20-5-10-25-19)16-11-13-12-24-15-4-2-1-3-14(15)17(13)26-16/h1-5,10-11H,6-9,12H2. The van der Waals surface area contributed by atoms with Gasteiger partial charge in [-0.2, -0.15) is 0 Å². The van der Waals surface area contributed by atoms with Crippen molar-refractivity contribution in [3.8, 4) is 16.2 Å². The van der Waals surface area contributed by atoms with Gasteiger partial charge in [-0.3, -0.25) is 4.79 Å².